The second-order valence-electron chi connectivity index (χ2n) is 5.46. The van der Waals surface area contributed by atoms with Gasteiger partial charge in [0.05, 0.1) is 13.7 Å². The van der Waals surface area contributed by atoms with Crippen molar-refractivity contribution in [3.63, 3.8) is 0 Å². The summed E-state index contributed by atoms with van der Waals surface area (Å²) in [5, 5.41) is 0. The highest BCUT2D eigenvalue weighted by Gasteiger charge is 2.02. The molecule has 0 radical (unpaired) electrons. The lowest BCUT2D eigenvalue weighted by molar-refractivity contribution is -0.146. The number of hydrogen-bond acceptors (Lipinski definition) is 6. The van der Waals surface area contributed by atoms with Gasteiger partial charge < -0.3 is 24.7 Å². The standard InChI is InChI=1S/C18H28FNO5/c1-22-18(21)14-24-10-5-9-23-8-3-2-4-11-25-16-6-7-17(19)15(12-16)13-20/h6-7,12H,2-5,8-11,13-14,20H2,1H3. The van der Waals surface area contributed by atoms with E-state index in [0.717, 1.165) is 25.7 Å². The first-order valence-corrected chi connectivity index (χ1v) is 8.51. The molecule has 6 nitrogen and oxygen atoms in total. The zero-order chi connectivity index (χ0) is 18.3. The molecule has 0 aliphatic rings. The van der Waals surface area contributed by atoms with Crippen LogP contribution in [0.2, 0.25) is 0 Å². The number of unbranched alkanes of at least 4 members (excludes halogenated alkanes) is 2. The number of hydrogen-bond donors (Lipinski definition) is 1. The molecular weight excluding hydrogens is 329 g/mol. The van der Waals surface area contributed by atoms with Gasteiger partial charge in [0, 0.05) is 31.9 Å². The maximum absolute atomic E-state index is 13.3. The Hall–Kier alpha value is -1.70. The van der Waals surface area contributed by atoms with Crippen molar-refractivity contribution in [1.82, 2.24) is 0 Å². The van der Waals surface area contributed by atoms with Crippen molar-refractivity contribution < 1.29 is 28.1 Å². The van der Waals surface area contributed by atoms with Crippen LogP contribution in [0.25, 0.3) is 0 Å². The lowest BCUT2D eigenvalue weighted by atomic mass is 10.2. The molecule has 25 heavy (non-hydrogen) atoms. The number of ether oxygens (including phenoxy) is 4. The van der Waals surface area contributed by atoms with Gasteiger partial charge in [0.15, 0.2) is 0 Å². The molecule has 0 unspecified atom stereocenters. The molecule has 2 N–H and O–H groups in total. The summed E-state index contributed by atoms with van der Waals surface area (Å²) in [5.41, 5.74) is 5.92. The van der Waals surface area contributed by atoms with E-state index in [-0.39, 0.29) is 24.9 Å². The van der Waals surface area contributed by atoms with Gasteiger partial charge in [-0.2, -0.15) is 0 Å². The minimum atomic E-state index is -0.372. The summed E-state index contributed by atoms with van der Waals surface area (Å²) in [6.45, 7) is 2.49. The van der Waals surface area contributed by atoms with Crippen LogP contribution in [0.5, 0.6) is 5.75 Å². The second-order valence-corrected chi connectivity index (χ2v) is 5.46. The van der Waals surface area contributed by atoms with Gasteiger partial charge in [-0.15, -0.1) is 0 Å². The molecule has 0 bridgehead atoms. The van der Waals surface area contributed by atoms with Gasteiger partial charge in [0.1, 0.15) is 18.2 Å². The van der Waals surface area contributed by atoms with E-state index in [9.17, 15) is 9.18 Å². The summed E-state index contributed by atoms with van der Waals surface area (Å²) in [6, 6.07) is 4.63. The third-order valence-electron chi connectivity index (χ3n) is 3.46. The minimum absolute atomic E-state index is 0.0165. The van der Waals surface area contributed by atoms with Crippen LogP contribution >= 0.6 is 0 Å². The molecule has 0 aliphatic carbocycles. The minimum Gasteiger partial charge on any atom is -0.494 e. The summed E-state index contributed by atoms with van der Waals surface area (Å²) in [4.78, 5) is 10.8. The normalized spacial score (nSPS) is 10.7. The number of esters is 1. The van der Waals surface area contributed by atoms with Crippen LogP contribution in [0.4, 0.5) is 4.39 Å². The maximum atomic E-state index is 13.3. The van der Waals surface area contributed by atoms with Crippen LogP contribution in [0.3, 0.4) is 0 Å². The Bertz CT molecular complexity index is 498. The van der Waals surface area contributed by atoms with E-state index in [1.807, 2.05) is 0 Å². The van der Waals surface area contributed by atoms with Crippen LogP contribution in [0.1, 0.15) is 31.2 Å². The van der Waals surface area contributed by atoms with Gasteiger partial charge in [0.2, 0.25) is 0 Å². The summed E-state index contributed by atoms with van der Waals surface area (Å²) in [6.07, 6.45) is 3.59. The molecule has 1 rings (SSSR count). The highest BCUT2D eigenvalue weighted by atomic mass is 19.1. The second kappa shape index (κ2) is 13.6. The van der Waals surface area contributed by atoms with E-state index in [2.05, 4.69) is 4.74 Å². The monoisotopic (exact) mass is 357 g/mol. The van der Waals surface area contributed by atoms with Crippen molar-refractivity contribution in [3.05, 3.63) is 29.6 Å². The Balaban J connectivity index is 1.91. The molecule has 0 saturated carbocycles. The van der Waals surface area contributed by atoms with Gasteiger partial charge in [-0.25, -0.2) is 9.18 Å². The lowest BCUT2D eigenvalue weighted by Gasteiger charge is -2.08. The Labute approximate surface area is 148 Å². The number of rotatable bonds is 14. The third kappa shape index (κ3) is 10.0. The van der Waals surface area contributed by atoms with E-state index in [0.29, 0.717) is 37.7 Å². The van der Waals surface area contributed by atoms with Crippen molar-refractivity contribution in [2.75, 3.05) is 40.1 Å². The molecular formula is C18H28FNO5. The molecule has 0 atom stereocenters. The van der Waals surface area contributed by atoms with Crippen molar-refractivity contribution in [1.29, 1.82) is 0 Å². The number of halogens is 1. The average Bonchev–Trinajstić information content (AvgIpc) is 2.63. The zero-order valence-electron chi connectivity index (χ0n) is 14.8. The molecule has 0 spiro atoms. The Morgan fingerprint density at radius 1 is 1.04 bits per heavy atom. The number of methoxy groups -OCH3 is 1. The zero-order valence-corrected chi connectivity index (χ0v) is 14.8. The van der Waals surface area contributed by atoms with E-state index >= 15 is 0 Å². The quantitative estimate of drug-likeness (QED) is 0.407. The fourth-order valence-electron chi connectivity index (χ4n) is 2.05. The fraction of sp³-hybridized carbons (Fsp3) is 0.611. The van der Waals surface area contributed by atoms with Crippen molar-refractivity contribution in [2.24, 2.45) is 5.73 Å². The number of carbonyl (C=O) groups is 1. The topological polar surface area (TPSA) is 80.0 Å². The molecule has 0 fully saturated rings. The highest BCUT2D eigenvalue weighted by molar-refractivity contribution is 5.70. The predicted octanol–water partition coefficient (Wildman–Crippen LogP) is 2.43. The molecule has 1 aromatic carbocycles. The first-order chi connectivity index (χ1) is 12.2. The molecule has 0 saturated heterocycles. The van der Waals surface area contributed by atoms with Gasteiger partial charge in [-0.05, 0) is 43.9 Å². The predicted molar refractivity (Wildman–Crippen MR) is 91.9 cm³/mol. The van der Waals surface area contributed by atoms with Crippen molar-refractivity contribution in [2.45, 2.75) is 32.2 Å². The van der Waals surface area contributed by atoms with Gasteiger partial charge >= 0.3 is 5.97 Å². The third-order valence-corrected chi connectivity index (χ3v) is 3.46. The molecule has 7 heteroatoms. The Kier molecular flexibility index (Phi) is 11.6. The molecule has 0 heterocycles. The van der Waals surface area contributed by atoms with E-state index in [4.69, 9.17) is 19.9 Å². The number of benzene rings is 1. The summed E-state index contributed by atoms with van der Waals surface area (Å²) < 4.78 is 33.9. The fourth-order valence-corrected chi connectivity index (χ4v) is 2.05. The summed E-state index contributed by atoms with van der Waals surface area (Å²) >= 11 is 0. The summed E-state index contributed by atoms with van der Waals surface area (Å²) in [7, 11) is 1.33. The molecule has 142 valence electrons. The van der Waals surface area contributed by atoms with Gasteiger partial charge in [-0.3, -0.25) is 0 Å². The van der Waals surface area contributed by atoms with Crippen LogP contribution in [-0.4, -0.2) is 46.1 Å². The smallest absolute Gasteiger partial charge is 0.331 e. The molecule has 0 aliphatic heterocycles. The largest absolute Gasteiger partial charge is 0.494 e. The first-order valence-electron chi connectivity index (χ1n) is 8.51. The molecule has 1 aromatic rings. The van der Waals surface area contributed by atoms with E-state index < -0.39 is 0 Å². The lowest BCUT2D eigenvalue weighted by Crippen LogP contribution is -2.11. The maximum Gasteiger partial charge on any atom is 0.331 e. The summed E-state index contributed by atoms with van der Waals surface area (Å²) in [5.74, 6) is -0.0317. The van der Waals surface area contributed by atoms with Gasteiger partial charge in [-0.1, -0.05) is 0 Å². The van der Waals surface area contributed by atoms with E-state index in [1.54, 1.807) is 12.1 Å². The van der Waals surface area contributed by atoms with E-state index in [1.165, 1.54) is 13.2 Å². The van der Waals surface area contributed by atoms with Crippen molar-refractivity contribution in [3.8, 4) is 5.75 Å². The SMILES string of the molecule is COC(=O)COCCCOCCCCCOc1ccc(F)c(CN)c1. The van der Waals surface area contributed by atoms with Crippen LogP contribution in [-0.2, 0) is 25.5 Å². The average molecular weight is 357 g/mol. The van der Waals surface area contributed by atoms with Crippen LogP contribution in [0.15, 0.2) is 18.2 Å². The number of carbonyl (C=O) groups excluding carboxylic acids is 1. The van der Waals surface area contributed by atoms with Crippen LogP contribution in [0, 0.1) is 5.82 Å². The molecule has 0 aromatic heterocycles. The number of nitrogens with two attached hydrogens (primary N) is 1. The Morgan fingerprint density at radius 2 is 1.76 bits per heavy atom. The van der Waals surface area contributed by atoms with Crippen LogP contribution < -0.4 is 10.5 Å². The van der Waals surface area contributed by atoms with Crippen molar-refractivity contribution >= 4 is 5.97 Å². The highest BCUT2D eigenvalue weighted by Crippen LogP contribution is 2.16. The molecule has 0 amide bonds. The van der Waals surface area contributed by atoms with Gasteiger partial charge in [0.25, 0.3) is 0 Å². The Morgan fingerprint density at radius 3 is 2.52 bits per heavy atom. The first kappa shape index (κ1) is 21.3.